The Bertz CT molecular complexity index is 10100. The van der Waals surface area contributed by atoms with Gasteiger partial charge in [0.1, 0.15) is 0 Å². The normalized spacial score (nSPS) is 13.8. The van der Waals surface area contributed by atoms with E-state index in [-0.39, 0.29) is 16.2 Å². The molecule has 674 valence electrons. The summed E-state index contributed by atoms with van der Waals surface area (Å²) in [6.07, 6.45) is 0. The Kier molecular flexibility index (Phi) is 16.6. The van der Waals surface area contributed by atoms with Crippen LogP contribution in [0.2, 0.25) is 0 Å². The Labute approximate surface area is 832 Å². The third kappa shape index (κ3) is 11.3. The predicted molar refractivity (Wildman–Crippen MR) is 601 cm³/mol. The quantitative estimate of drug-likeness (QED) is 0.130. The molecule has 0 atom stereocenters. The third-order valence-electron chi connectivity index (χ3n) is 33.2. The minimum absolute atomic E-state index is 0.114. The van der Waals surface area contributed by atoms with Crippen molar-refractivity contribution in [2.24, 2.45) is 0 Å². The maximum atomic E-state index is 5.77. The highest BCUT2D eigenvalue weighted by Gasteiger charge is 2.40. The van der Waals surface area contributed by atoms with E-state index in [2.05, 4.69) is 507 Å². The van der Waals surface area contributed by atoms with Crippen LogP contribution in [0.5, 0.6) is 0 Å². The number of para-hydroxylation sites is 4. The molecule has 0 saturated carbocycles. The minimum Gasteiger partial charge on any atom is -0.309 e. The molecule has 0 unspecified atom stereocenters. The van der Waals surface area contributed by atoms with Gasteiger partial charge in [0.15, 0.2) is 5.82 Å². The lowest BCUT2D eigenvalue weighted by Crippen LogP contribution is -2.15. The number of fused-ring (bicyclic) bond motifs is 27. The molecule has 0 fully saturated rings. The van der Waals surface area contributed by atoms with Crippen molar-refractivity contribution in [2.45, 2.75) is 57.8 Å². The number of hydrogen-bond donors (Lipinski definition) is 0. The van der Waals surface area contributed by atoms with Crippen LogP contribution < -0.4 is 0 Å². The number of nitrogens with zero attached hydrogens (tertiary/aromatic N) is 7. The Morgan fingerprint density at radius 2 is 0.431 bits per heavy atom. The Hall–Kier alpha value is -18.0. The first-order chi connectivity index (χ1) is 70.7. The molecule has 6 aromatic heterocycles. The smallest absolute Gasteiger partial charge is 0.160 e. The molecule has 0 aliphatic heterocycles. The fourth-order valence-corrected chi connectivity index (χ4v) is 26.4. The van der Waals surface area contributed by atoms with Crippen molar-refractivity contribution >= 4 is 120 Å². The van der Waals surface area contributed by atoms with Crippen molar-refractivity contribution in [3.8, 4) is 151 Å². The molecule has 31 rings (SSSR count). The lowest BCUT2D eigenvalue weighted by Gasteiger charge is -2.22. The summed E-state index contributed by atoms with van der Waals surface area (Å²) in [5.74, 6) is 0.669. The standard InChI is InChI=1S/C137H91N7/c1-135(2)114-42-17-10-33-95(114)98-58-55-91(77-117(98)135)142-121-46-21-14-37-102(121)109-72-82(50-64-125(109)142)81-49-63-124-108(71-81)101-36-13-20-45-120(101)140(124)90-32-25-30-88(70-90)134-138-132(80-27-8-7-9-28-80)131-106-62-61-94(105-40-26-41-107(130(105)106)133(131)139-134)87-29-24-31-89(69-87)141-128-67-53-85(83-51-65-126-110(73-83)103-38-15-22-47-122(103)143(126)92-56-59-99-96-34-11-18-43-115(96)136(3,4)118(99)78-92)75-112(128)113-76-86(54-68-129(113)141)84-52-66-127-111(74-84)104-39-16-23-48-123(104)144(127)93-57-60-100-97-35-12-19-44-116(97)137(5,6)119(100)79-93/h7-79H,1-6H3. The lowest BCUT2D eigenvalue weighted by molar-refractivity contribution is 0.660. The number of rotatable bonds is 11. The van der Waals surface area contributed by atoms with Crippen molar-refractivity contribution in [1.29, 1.82) is 0 Å². The largest absolute Gasteiger partial charge is 0.309 e. The van der Waals surface area contributed by atoms with Crippen LogP contribution in [0.4, 0.5) is 0 Å². The Morgan fingerprint density at radius 1 is 0.160 bits per heavy atom. The summed E-state index contributed by atoms with van der Waals surface area (Å²) in [6.45, 7) is 14.2. The number of hydrogen-bond acceptors (Lipinski definition) is 2. The summed E-state index contributed by atoms with van der Waals surface area (Å²) in [7, 11) is 0. The molecule has 0 radical (unpaired) electrons. The van der Waals surface area contributed by atoms with Gasteiger partial charge in [-0.2, -0.15) is 0 Å². The topological polar surface area (TPSA) is 50.4 Å². The van der Waals surface area contributed by atoms with E-state index in [9.17, 15) is 0 Å². The van der Waals surface area contributed by atoms with Gasteiger partial charge in [-0.05, 0) is 285 Å². The van der Waals surface area contributed by atoms with Crippen molar-refractivity contribution in [2.75, 3.05) is 0 Å². The van der Waals surface area contributed by atoms with E-state index < -0.39 is 0 Å². The van der Waals surface area contributed by atoms with Gasteiger partial charge in [0.2, 0.25) is 0 Å². The Morgan fingerprint density at radius 3 is 0.819 bits per heavy atom. The van der Waals surface area contributed by atoms with E-state index in [1.54, 1.807) is 0 Å². The summed E-state index contributed by atoms with van der Waals surface area (Å²) >= 11 is 0. The first-order valence-electron chi connectivity index (χ1n) is 50.4. The molecular weight excluding hydrogens is 1740 g/mol. The molecule has 21 aromatic carbocycles. The van der Waals surface area contributed by atoms with E-state index in [0.717, 1.165) is 111 Å². The molecule has 27 aromatic rings. The van der Waals surface area contributed by atoms with Gasteiger partial charge >= 0.3 is 0 Å². The van der Waals surface area contributed by atoms with Gasteiger partial charge in [-0.25, -0.2) is 9.97 Å². The van der Waals surface area contributed by atoms with Gasteiger partial charge in [-0.3, -0.25) is 0 Å². The fourth-order valence-electron chi connectivity index (χ4n) is 26.4. The van der Waals surface area contributed by atoms with Gasteiger partial charge in [0.05, 0.1) is 66.6 Å². The van der Waals surface area contributed by atoms with Crippen LogP contribution in [0.1, 0.15) is 74.9 Å². The maximum absolute atomic E-state index is 5.77. The summed E-state index contributed by atoms with van der Waals surface area (Å²) in [5, 5.41) is 14.4. The molecule has 0 N–H and O–H groups in total. The van der Waals surface area contributed by atoms with E-state index in [0.29, 0.717) is 5.82 Å². The highest BCUT2D eigenvalue weighted by molar-refractivity contribution is 6.22. The summed E-state index contributed by atoms with van der Waals surface area (Å²) in [5.41, 5.74) is 49.4. The molecular formula is C137H91N7. The second-order valence-electron chi connectivity index (χ2n) is 41.8. The van der Waals surface area contributed by atoms with E-state index in [1.165, 1.54) is 187 Å². The zero-order valence-corrected chi connectivity index (χ0v) is 80.3. The molecule has 0 bridgehead atoms. The zero-order chi connectivity index (χ0) is 95.2. The average molecular weight is 1840 g/mol. The van der Waals surface area contributed by atoms with Crippen LogP contribution in [0.25, 0.3) is 271 Å². The number of aromatic nitrogens is 7. The average Bonchev–Trinajstić information content (AvgIpc) is 1.57. The van der Waals surface area contributed by atoms with Crippen molar-refractivity contribution in [3.63, 3.8) is 0 Å². The molecule has 7 nitrogen and oxygen atoms in total. The second kappa shape index (κ2) is 29.5. The zero-order valence-electron chi connectivity index (χ0n) is 80.3. The molecule has 6 heterocycles. The lowest BCUT2D eigenvalue weighted by atomic mass is 9.82. The maximum Gasteiger partial charge on any atom is 0.160 e. The monoisotopic (exact) mass is 1830 g/mol. The van der Waals surface area contributed by atoms with Gasteiger partial charge in [-0.15, -0.1) is 0 Å². The summed E-state index contributed by atoms with van der Waals surface area (Å²) in [4.78, 5) is 11.5. The van der Waals surface area contributed by atoms with Crippen LogP contribution in [-0.4, -0.2) is 32.8 Å². The predicted octanol–water partition coefficient (Wildman–Crippen LogP) is 35.7. The molecule has 4 aliphatic carbocycles. The van der Waals surface area contributed by atoms with Gasteiger partial charge in [-0.1, -0.05) is 327 Å². The first-order valence-corrected chi connectivity index (χ1v) is 50.4. The molecule has 7 heteroatoms. The molecule has 144 heavy (non-hydrogen) atoms. The van der Waals surface area contributed by atoms with Crippen LogP contribution in [-0.2, 0) is 16.2 Å². The van der Waals surface area contributed by atoms with Gasteiger partial charge in [0, 0.05) is 121 Å². The van der Waals surface area contributed by atoms with Crippen LogP contribution in [0.3, 0.4) is 0 Å². The van der Waals surface area contributed by atoms with Crippen LogP contribution in [0.15, 0.2) is 443 Å². The molecule has 0 amide bonds. The van der Waals surface area contributed by atoms with Gasteiger partial charge < -0.3 is 22.8 Å². The van der Waals surface area contributed by atoms with Gasteiger partial charge in [0.25, 0.3) is 0 Å². The molecule has 4 aliphatic rings. The van der Waals surface area contributed by atoms with Crippen molar-refractivity contribution < 1.29 is 0 Å². The Balaban J connectivity index is 0.515. The number of benzene rings is 21. The van der Waals surface area contributed by atoms with Crippen molar-refractivity contribution in [1.82, 2.24) is 32.8 Å². The fraction of sp³-hybridized carbons (Fsp3) is 0.0657. The highest BCUT2D eigenvalue weighted by atomic mass is 15.0. The van der Waals surface area contributed by atoms with E-state index in [1.807, 2.05) is 0 Å². The second-order valence-corrected chi connectivity index (χ2v) is 41.8. The van der Waals surface area contributed by atoms with E-state index >= 15 is 0 Å². The SMILES string of the molecule is CC1(C)c2ccccc2-c2ccc(-n3c4ccccc4c4cc(-c5ccc6c(c5)c5ccccc5n6-c5cccc(-c6nc(-c7ccccc7)c7c(n6)-c6cccc8c(-c9cccc(-n%10c%11ccc(-c%12ccc%13c(c%12)c%12ccccc%12n%13-c%12ccc%13c(c%12)C(C)(C)c%12ccccc%12-%13)cc%11c%11cc(-c%12ccc%13c(c%12)c%12ccccc%12n%13-c%12ccc%13c(c%12)C(C)(C)c%12ccccc%12-%13)ccc%11%10)c9)ccc-7c68)c5)ccc43)cc21. The van der Waals surface area contributed by atoms with E-state index in [4.69, 9.17) is 9.97 Å². The molecule has 0 spiro atoms. The summed E-state index contributed by atoms with van der Waals surface area (Å²) in [6, 6.07) is 167. The van der Waals surface area contributed by atoms with Crippen LogP contribution >= 0.6 is 0 Å². The molecule has 0 saturated heterocycles. The summed E-state index contributed by atoms with van der Waals surface area (Å²) < 4.78 is 12.4. The van der Waals surface area contributed by atoms with Crippen LogP contribution in [0, 0.1) is 0 Å². The highest BCUT2D eigenvalue weighted by Crippen LogP contribution is 2.57. The van der Waals surface area contributed by atoms with Crippen molar-refractivity contribution in [3.05, 3.63) is 476 Å². The first kappa shape index (κ1) is 80.9. The third-order valence-corrected chi connectivity index (χ3v) is 33.2. The minimum atomic E-state index is -0.136.